The van der Waals surface area contributed by atoms with Gasteiger partial charge in [-0.15, -0.1) is 0 Å². The minimum absolute atomic E-state index is 0.298. The molecule has 0 unspecified atom stereocenters. The zero-order valence-corrected chi connectivity index (χ0v) is 19.0. The van der Waals surface area contributed by atoms with Gasteiger partial charge in [0.05, 0.1) is 0 Å². The van der Waals surface area contributed by atoms with Gasteiger partial charge < -0.3 is 0 Å². The Hall–Kier alpha value is 0.432. The van der Waals surface area contributed by atoms with Gasteiger partial charge in [0.2, 0.25) is 0 Å². The predicted molar refractivity (Wildman–Crippen MR) is 99.7 cm³/mol. The zero-order chi connectivity index (χ0) is 15.6. The van der Waals surface area contributed by atoms with Gasteiger partial charge in [0.15, 0.2) is 0 Å². The van der Waals surface area contributed by atoms with Gasteiger partial charge in [0, 0.05) is 0 Å². The van der Waals surface area contributed by atoms with Crippen molar-refractivity contribution in [2.75, 3.05) is 14.1 Å². The second-order valence-electron chi connectivity index (χ2n) is 8.13. The van der Waals surface area contributed by atoms with Crippen LogP contribution in [0.4, 0.5) is 0 Å². The second-order valence-corrected chi connectivity index (χ2v) is 25.8. The van der Waals surface area contributed by atoms with E-state index >= 15 is 0 Å². The molecule has 4 heteroatoms. The van der Waals surface area contributed by atoms with E-state index in [1.165, 1.54) is 0 Å². The molecular weight excluding hydrogens is 384 g/mol. The van der Waals surface area contributed by atoms with Crippen LogP contribution in [-0.4, -0.2) is 56.8 Å². The first kappa shape index (κ1) is 18.5. The molecule has 0 saturated heterocycles. The Balaban J connectivity index is 3.06. The van der Waals surface area contributed by atoms with Crippen LogP contribution in [0.25, 0.3) is 0 Å². The summed E-state index contributed by atoms with van der Waals surface area (Å²) >= 11 is -0.298. The first-order chi connectivity index (χ1) is 9.01. The normalized spacial score (nSPS) is 13.3. The van der Waals surface area contributed by atoms with Crippen LogP contribution >= 0.6 is 0 Å². The van der Waals surface area contributed by atoms with Crippen LogP contribution in [0.1, 0.15) is 5.56 Å². The van der Waals surface area contributed by atoms with Crippen molar-refractivity contribution in [1.29, 1.82) is 0 Å². The third-order valence-corrected chi connectivity index (χ3v) is 29.6. The first-order valence-electron chi connectivity index (χ1n) is 7.45. The van der Waals surface area contributed by atoms with Crippen molar-refractivity contribution in [2.45, 2.75) is 48.9 Å². The van der Waals surface area contributed by atoms with E-state index in [0.29, 0.717) is 0 Å². The van der Waals surface area contributed by atoms with E-state index in [-0.39, 0.29) is 21.6 Å². The molecule has 1 aromatic carbocycles. The number of benzene rings is 1. The van der Waals surface area contributed by atoms with Gasteiger partial charge in [-0.3, -0.25) is 0 Å². The summed E-state index contributed by atoms with van der Waals surface area (Å²) in [5.74, 6) is 0. The molecule has 1 aromatic rings. The topological polar surface area (TPSA) is 3.24 Å². The van der Waals surface area contributed by atoms with Gasteiger partial charge in [0.1, 0.15) is 0 Å². The fourth-order valence-electron chi connectivity index (χ4n) is 2.94. The Morgan fingerprint density at radius 3 is 1.90 bits per heavy atom. The molecule has 0 amide bonds. The monoisotopic (exact) mass is 414 g/mol. The molecule has 20 heavy (non-hydrogen) atoms. The van der Waals surface area contributed by atoms with Crippen LogP contribution in [0.2, 0.25) is 42.4 Å². The number of rotatable bonds is 6. The minimum atomic E-state index is -1.05. The van der Waals surface area contributed by atoms with Crippen LogP contribution in [0.3, 0.4) is 0 Å². The van der Waals surface area contributed by atoms with Crippen LogP contribution < -0.4 is 3.51 Å². The molecular formula is C16H31NSbSi2. The van der Waals surface area contributed by atoms with E-state index in [4.69, 9.17) is 0 Å². The van der Waals surface area contributed by atoms with Crippen LogP contribution in [0.15, 0.2) is 24.3 Å². The van der Waals surface area contributed by atoms with Crippen molar-refractivity contribution in [2.24, 2.45) is 0 Å². The molecule has 0 aliphatic heterocycles. The molecule has 113 valence electrons. The van der Waals surface area contributed by atoms with E-state index in [2.05, 4.69) is 82.5 Å². The van der Waals surface area contributed by atoms with E-state index < -0.39 is 16.1 Å². The maximum atomic E-state index is 2.58. The van der Waals surface area contributed by atoms with E-state index in [0.717, 1.165) is 9.66 Å². The maximum absolute atomic E-state index is 2.58. The molecule has 0 N–H and O–H groups in total. The van der Waals surface area contributed by atoms with Gasteiger partial charge in [-0.1, -0.05) is 0 Å². The second kappa shape index (κ2) is 7.13. The molecule has 0 fully saturated rings. The third-order valence-electron chi connectivity index (χ3n) is 3.39. The van der Waals surface area contributed by atoms with E-state index in [9.17, 15) is 0 Å². The molecule has 1 nitrogen and oxygen atoms in total. The number of hydrogen-bond donors (Lipinski definition) is 0. The Morgan fingerprint density at radius 2 is 1.45 bits per heavy atom. The standard InChI is InChI=1S/C9H12N.C7H19Si2.Sb/c1-10(2)8-9-6-4-3-5-7-9;1-8(2,3)7-9(4,5)6;/h3-6H,8H2,1-2H3;7H,1-6H3;. The Labute approximate surface area is 138 Å². The SMILES string of the molecule is CN(C)Cc1cccc[c]1[Sb][CH]([Si](C)(C)C)[Si](C)(C)C. The van der Waals surface area contributed by atoms with Crippen molar-refractivity contribution in [1.82, 2.24) is 4.90 Å². The van der Waals surface area contributed by atoms with Gasteiger partial charge in [-0.05, 0) is 0 Å². The van der Waals surface area contributed by atoms with Gasteiger partial charge >= 0.3 is 139 Å². The molecule has 0 saturated carbocycles. The molecule has 0 aliphatic rings. The molecule has 1 rings (SSSR count). The predicted octanol–water partition coefficient (Wildman–Crippen LogP) is 3.62. The average molecular weight is 415 g/mol. The van der Waals surface area contributed by atoms with Crippen molar-refractivity contribution in [3.63, 3.8) is 0 Å². The molecule has 0 atom stereocenters. The van der Waals surface area contributed by atoms with Crippen molar-refractivity contribution in [3.05, 3.63) is 29.8 Å². The summed E-state index contributed by atoms with van der Waals surface area (Å²) in [7, 11) is 2.24. The van der Waals surface area contributed by atoms with Gasteiger partial charge in [0.25, 0.3) is 0 Å². The fourth-order valence-corrected chi connectivity index (χ4v) is 24.8. The first-order valence-corrected chi connectivity index (χ1v) is 17.4. The van der Waals surface area contributed by atoms with Gasteiger partial charge in [-0.2, -0.15) is 0 Å². The Bertz CT molecular complexity index is 419. The third kappa shape index (κ3) is 5.67. The van der Waals surface area contributed by atoms with Crippen LogP contribution in [0.5, 0.6) is 0 Å². The van der Waals surface area contributed by atoms with E-state index in [1.807, 2.05) is 0 Å². The summed E-state index contributed by atoms with van der Waals surface area (Å²) in [6, 6.07) is 9.21. The zero-order valence-electron chi connectivity index (χ0n) is 14.5. The summed E-state index contributed by atoms with van der Waals surface area (Å²) < 4.78 is 2.82. The summed E-state index contributed by atoms with van der Waals surface area (Å²) in [5.41, 5.74) is 1.58. The summed E-state index contributed by atoms with van der Waals surface area (Å²) in [6.07, 6.45) is 0. The molecule has 0 aliphatic carbocycles. The average Bonchev–Trinajstić information content (AvgIpc) is 2.23. The summed E-state index contributed by atoms with van der Waals surface area (Å²) in [5, 5.41) is 0. The van der Waals surface area contributed by atoms with Crippen LogP contribution in [0, 0.1) is 0 Å². The number of nitrogens with zero attached hydrogens (tertiary/aromatic N) is 1. The molecule has 1 radical (unpaired) electrons. The van der Waals surface area contributed by atoms with Crippen LogP contribution in [-0.2, 0) is 6.54 Å². The summed E-state index contributed by atoms with van der Waals surface area (Å²) in [6.45, 7) is 16.6. The molecule has 0 heterocycles. The van der Waals surface area contributed by atoms with Crippen molar-refractivity contribution < 1.29 is 0 Å². The Morgan fingerprint density at radius 1 is 0.950 bits per heavy atom. The van der Waals surface area contributed by atoms with Crippen molar-refractivity contribution >= 4 is 41.3 Å². The van der Waals surface area contributed by atoms with E-state index in [1.54, 1.807) is 9.07 Å². The van der Waals surface area contributed by atoms with Gasteiger partial charge in [-0.25, -0.2) is 0 Å². The summed E-state index contributed by atoms with van der Waals surface area (Å²) in [4.78, 5) is 2.30. The Kier molecular flexibility index (Phi) is 6.59. The number of hydrogen-bond acceptors (Lipinski definition) is 1. The van der Waals surface area contributed by atoms with Crippen molar-refractivity contribution in [3.8, 4) is 0 Å². The molecule has 0 aromatic heterocycles. The molecule has 0 bridgehead atoms. The molecule has 0 spiro atoms. The fraction of sp³-hybridized carbons (Fsp3) is 0.625. The quantitative estimate of drug-likeness (QED) is 0.642.